The summed E-state index contributed by atoms with van der Waals surface area (Å²) >= 11 is 1.44. The van der Waals surface area contributed by atoms with Crippen LogP contribution in [0.5, 0.6) is 5.75 Å². The number of hydrogen-bond donors (Lipinski definition) is 1. The smallest absolute Gasteiger partial charge is 0.226 e. The highest BCUT2D eigenvalue weighted by Gasteiger charge is 2.09. The second-order valence-corrected chi connectivity index (χ2v) is 8.15. The normalized spacial score (nSPS) is 10.6. The summed E-state index contributed by atoms with van der Waals surface area (Å²) in [5, 5.41) is 5.47. The molecule has 0 saturated carbocycles. The third-order valence-electron chi connectivity index (χ3n) is 4.88. The van der Waals surface area contributed by atoms with Gasteiger partial charge in [0.1, 0.15) is 5.75 Å². The Labute approximate surface area is 186 Å². The van der Waals surface area contributed by atoms with Crippen LogP contribution in [0.15, 0.2) is 84.2 Å². The molecular weight excluding hydrogens is 404 g/mol. The van der Waals surface area contributed by atoms with Crippen molar-refractivity contribution in [3.05, 3.63) is 89.8 Å². The first-order chi connectivity index (χ1) is 15.2. The number of benzene rings is 3. The van der Waals surface area contributed by atoms with Crippen LogP contribution in [0.3, 0.4) is 0 Å². The molecule has 0 aliphatic heterocycles. The van der Waals surface area contributed by atoms with Crippen LogP contribution in [-0.2, 0) is 4.79 Å². The molecule has 4 nitrogen and oxygen atoms in total. The van der Waals surface area contributed by atoms with Crippen molar-refractivity contribution < 1.29 is 9.53 Å². The molecule has 1 amide bonds. The third kappa shape index (κ3) is 5.80. The van der Waals surface area contributed by atoms with E-state index in [4.69, 9.17) is 4.74 Å². The zero-order valence-corrected chi connectivity index (χ0v) is 18.2. The maximum atomic E-state index is 12.2. The van der Waals surface area contributed by atoms with Gasteiger partial charge in [0.25, 0.3) is 0 Å². The minimum atomic E-state index is -0.0483. The van der Waals surface area contributed by atoms with E-state index in [2.05, 4.69) is 46.7 Å². The summed E-state index contributed by atoms with van der Waals surface area (Å²) in [7, 11) is 0. The summed E-state index contributed by atoms with van der Waals surface area (Å²) in [4.78, 5) is 16.8. The maximum absolute atomic E-state index is 12.2. The van der Waals surface area contributed by atoms with Crippen molar-refractivity contribution in [3.8, 4) is 28.1 Å². The highest BCUT2D eigenvalue weighted by molar-refractivity contribution is 7.14. The van der Waals surface area contributed by atoms with Gasteiger partial charge in [-0.1, -0.05) is 72.3 Å². The first kappa shape index (κ1) is 20.8. The molecule has 31 heavy (non-hydrogen) atoms. The van der Waals surface area contributed by atoms with Gasteiger partial charge in [-0.3, -0.25) is 4.79 Å². The zero-order valence-electron chi connectivity index (χ0n) is 17.4. The van der Waals surface area contributed by atoms with Gasteiger partial charge in [0.2, 0.25) is 5.91 Å². The van der Waals surface area contributed by atoms with Crippen molar-refractivity contribution >= 4 is 22.4 Å². The lowest BCUT2D eigenvalue weighted by Crippen LogP contribution is -2.12. The van der Waals surface area contributed by atoms with Gasteiger partial charge in [-0.05, 0) is 36.6 Å². The fourth-order valence-electron chi connectivity index (χ4n) is 3.17. The fourth-order valence-corrected chi connectivity index (χ4v) is 3.90. The molecule has 0 bridgehead atoms. The molecule has 0 aliphatic carbocycles. The van der Waals surface area contributed by atoms with Gasteiger partial charge in [0.05, 0.1) is 12.3 Å². The second-order valence-electron chi connectivity index (χ2n) is 7.29. The third-order valence-corrected chi connectivity index (χ3v) is 5.63. The number of anilines is 1. The van der Waals surface area contributed by atoms with E-state index in [0.717, 1.165) is 17.0 Å². The molecule has 1 aromatic heterocycles. The van der Waals surface area contributed by atoms with Gasteiger partial charge in [-0.2, -0.15) is 0 Å². The van der Waals surface area contributed by atoms with Crippen LogP contribution >= 0.6 is 11.3 Å². The van der Waals surface area contributed by atoms with E-state index >= 15 is 0 Å². The Hall–Kier alpha value is -3.44. The van der Waals surface area contributed by atoms with E-state index in [9.17, 15) is 4.79 Å². The molecule has 4 aromatic rings. The van der Waals surface area contributed by atoms with Gasteiger partial charge < -0.3 is 10.1 Å². The van der Waals surface area contributed by atoms with E-state index < -0.39 is 0 Å². The van der Waals surface area contributed by atoms with E-state index in [1.54, 1.807) is 0 Å². The quantitative estimate of drug-likeness (QED) is 0.322. The van der Waals surface area contributed by atoms with E-state index in [-0.39, 0.29) is 5.91 Å². The van der Waals surface area contributed by atoms with Crippen molar-refractivity contribution in [2.45, 2.75) is 19.8 Å². The number of aromatic nitrogens is 1. The number of ether oxygens (including phenoxy) is 1. The number of nitrogens with zero attached hydrogens (tertiary/aromatic N) is 1. The summed E-state index contributed by atoms with van der Waals surface area (Å²) in [5.41, 5.74) is 5.44. The molecule has 4 rings (SSSR count). The predicted octanol–water partition coefficient (Wildman–Crippen LogP) is 6.58. The van der Waals surface area contributed by atoms with Crippen molar-refractivity contribution in [1.29, 1.82) is 0 Å². The van der Waals surface area contributed by atoms with E-state index in [1.165, 1.54) is 28.0 Å². The molecule has 1 heterocycles. The van der Waals surface area contributed by atoms with Crippen LogP contribution in [0.1, 0.15) is 18.4 Å². The lowest BCUT2D eigenvalue weighted by atomic mass is 10.0. The number of hydrogen-bond acceptors (Lipinski definition) is 4. The number of carbonyl (C=O) groups excluding carboxylic acids is 1. The first-order valence-electron chi connectivity index (χ1n) is 10.3. The largest absolute Gasteiger partial charge is 0.494 e. The van der Waals surface area contributed by atoms with E-state index in [0.29, 0.717) is 24.6 Å². The lowest BCUT2D eigenvalue weighted by Gasteiger charge is -2.06. The summed E-state index contributed by atoms with van der Waals surface area (Å²) < 4.78 is 5.67. The summed E-state index contributed by atoms with van der Waals surface area (Å²) in [6.07, 6.45) is 1.05. The Balaban J connectivity index is 1.26. The van der Waals surface area contributed by atoms with Gasteiger partial charge in [0.15, 0.2) is 5.13 Å². The van der Waals surface area contributed by atoms with Crippen molar-refractivity contribution in [2.24, 2.45) is 0 Å². The maximum Gasteiger partial charge on any atom is 0.226 e. The average Bonchev–Trinajstić information content (AvgIpc) is 3.27. The summed E-state index contributed by atoms with van der Waals surface area (Å²) in [5.74, 6) is 0.779. The van der Waals surface area contributed by atoms with Gasteiger partial charge in [-0.25, -0.2) is 4.98 Å². The standard InChI is InChI=1S/C26H24N2O2S/c1-19-9-15-23(16-10-19)30-17-5-8-25(29)28-26-27-24(18-31-26)22-13-11-21(12-14-22)20-6-3-2-4-7-20/h2-4,6-7,9-16,18H,5,8,17H2,1H3,(H,27,28,29). The van der Waals surface area contributed by atoms with Crippen LogP contribution in [0, 0.1) is 6.92 Å². The Kier molecular flexibility index (Phi) is 6.75. The Morgan fingerprint density at radius 2 is 1.58 bits per heavy atom. The Bertz CT molecular complexity index is 1120. The SMILES string of the molecule is Cc1ccc(OCCCC(=O)Nc2nc(-c3ccc(-c4ccccc4)cc3)cs2)cc1. The Morgan fingerprint density at radius 3 is 2.32 bits per heavy atom. The zero-order chi connectivity index (χ0) is 21.5. The highest BCUT2D eigenvalue weighted by atomic mass is 32.1. The molecule has 0 fully saturated rings. The Morgan fingerprint density at radius 1 is 0.903 bits per heavy atom. The van der Waals surface area contributed by atoms with Gasteiger partial charge >= 0.3 is 0 Å². The van der Waals surface area contributed by atoms with Crippen molar-refractivity contribution in [1.82, 2.24) is 4.98 Å². The second kappa shape index (κ2) is 10.0. The van der Waals surface area contributed by atoms with Crippen LogP contribution in [-0.4, -0.2) is 17.5 Å². The summed E-state index contributed by atoms with van der Waals surface area (Å²) in [6.45, 7) is 2.55. The highest BCUT2D eigenvalue weighted by Crippen LogP contribution is 2.27. The van der Waals surface area contributed by atoms with Gasteiger partial charge in [-0.15, -0.1) is 11.3 Å². The minimum Gasteiger partial charge on any atom is -0.494 e. The van der Waals surface area contributed by atoms with Crippen molar-refractivity contribution in [3.63, 3.8) is 0 Å². The van der Waals surface area contributed by atoms with Crippen LogP contribution in [0.25, 0.3) is 22.4 Å². The number of thiazole rings is 1. The number of nitrogens with one attached hydrogen (secondary N) is 1. The molecule has 3 aromatic carbocycles. The monoisotopic (exact) mass is 428 g/mol. The molecule has 0 radical (unpaired) electrons. The van der Waals surface area contributed by atoms with Crippen LogP contribution < -0.4 is 10.1 Å². The molecule has 5 heteroatoms. The van der Waals surface area contributed by atoms with Gasteiger partial charge in [0, 0.05) is 17.4 Å². The number of rotatable bonds is 8. The molecule has 0 spiro atoms. The van der Waals surface area contributed by atoms with Crippen LogP contribution in [0.4, 0.5) is 5.13 Å². The first-order valence-corrected chi connectivity index (χ1v) is 11.2. The molecule has 0 saturated heterocycles. The fraction of sp³-hybridized carbons (Fsp3) is 0.154. The topological polar surface area (TPSA) is 51.2 Å². The molecule has 156 valence electrons. The minimum absolute atomic E-state index is 0.0483. The molecule has 1 N–H and O–H groups in total. The number of amides is 1. The van der Waals surface area contributed by atoms with Crippen molar-refractivity contribution in [2.75, 3.05) is 11.9 Å². The number of carbonyl (C=O) groups is 1. The molecule has 0 aliphatic rings. The molecular formula is C26H24N2O2S. The molecule has 0 unspecified atom stereocenters. The summed E-state index contributed by atoms with van der Waals surface area (Å²) in [6, 6.07) is 26.5. The average molecular weight is 429 g/mol. The molecule has 0 atom stereocenters. The predicted molar refractivity (Wildman–Crippen MR) is 128 cm³/mol. The lowest BCUT2D eigenvalue weighted by molar-refractivity contribution is -0.116. The van der Waals surface area contributed by atoms with Crippen LogP contribution in [0.2, 0.25) is 0 Å². The number of aryl methyl sites for hydroxylation is 1. The van der Waals surface area contributed by atoms with E-state index in [1.807, 2.05) is 54.8 Å².